The molecule has 2 aromatic rings. The van der Waals surface area contributed by atoms with Crippen LogP contribution in [0.25, 0.3) is 10.9 Å². The molecule has 0 saturated carbocycles. The molecule has 0 unspecified atom stereocenters. The van der Waals surface area contributed by atoms with E-state index in [-0.39, 0.29) is 16.1 Å². The molecule has 2 aromatic heterocycles. The Morgan fingerprint density at radius 3 is 2.76 bits per heavy atom. The van der Waals surface area contributed by atoms with E-state index in [1.54, 1.807) is 0 Å². The van der Waals surface area contributed by atoms with E-state index in [1.807, 2.05) is 5.32 Å². The summed E-state index contributed by atoms with van der Waals surface area (Å²) in [5, 5.41) is 20.9. The molecule has 0 saturated heterocycles. The van der Waals surface area contributed by atoms with Gasteiger partial charge in [0, 0.05) is 12.4 Å². The van der Waals surface area contributed by atoms with E-state index in [0.717, 1.165) is 4.57 Å². The van der Waals surface area contributed by atoms with Crippen LogP contribution in [0.4, 0.5) is 0 Å². The fourth-order valence-corrected chi connectivity index (χ4v) is 2.00. The number of hydrogen-bond acceptors (Lipinski definition) is 5. The number of halogens is 1. The van der Waals surface area contributed by atoms with Crippen LogP contribution in [0.3, 0.4) is 0 Å². The molecule has 3 N–H and O–H groups in total. The van der Waals surface area contributed by atoms with E-state index >= 15 is 0 Å². The van der Waals surface area contributed by atoms with Crippen LogP contribution in [-0.2, 0) is 11.8 Å². The fraction of sp³-hybridized carbons (Fsp3) is 0.167. The molecule has 2 rings (SSSR count). The van der Waals surface area contributed by atoms with Gasteiger partial charge in [-0.15, -0.1) is 0 Å². The van der Waals surface area contributed by atoms with Crippen molar-refractivity contribution in [3.05, 3.63) is 33.3 Å². The summed E-state index contributed by atoms with van der Waals surface area (Å²) >= 11 is 5.73. The molecule has 0 atom stereocenters. The van der Waals surface area contributed by atoms with E-state index in [0.29, 0.717) is 0 Å². The summed E-state index contributed by atoms with van der Waals surface area (Å²) in [6.45, 7) is -0.670. The Morgan fingerprint density at radius 1 is 1.48 bits per heavy atom. The first kappa shape index (κ1) is 14.8. The van der Waals surface area contributed by atoms with Gasteiger partial charge in [-0.3, -0.25) is 14.4 Å². The molecule has 0 aliphatic carbocycles. The smallest absolute Gasteiger partial charge is 0.322 e. The third kappa shape index (κ3) is 2.65. The minimum absolute atomic E-state index is 0.0772. The number of aromatic hydroxyl groups is 1. The molecule has 0 fully saturated rings. The highest BCUT2D eigenvalue weighted by molar-refractivity contribution is 6.30. The molecule has 2 heterocycles. The van der Waals surface area contributed by atoms with Crippen molar-refractivity contribution < 1.29 is 19.8 Å². The number of nitrogens with zero attached hydrogens (tertiary/aromatic N) is 2. The van der Waals surface area contributed by atoms with Crippen molar-refractivity contribution in [1.29, 1.82) is 0 Å². The van der Waals surface area contributed by atoms with Crippen LogP contribution in [0.15, 0.2) is 17.1 Å². The predicted octanol–water partition coefficient (Wildman–Crippen LogP) is 0.107. The van der Waals surface area contributed by atoms with E-state index in [9.17, 15) is 19.5 Å². The molecule has 0 spiro atoms. The topological polar surface area (TPSA) is 122 Å². The van der Waals surface area contributed by atoms with Gasteiger partial charge in [0.15, 0.2) is 0 Å². The maximum atomic E-state index is 12.1. The van der Waals surface area contributed by atoms with Gasteiger partial charge in [0.05, 0.1) is 11.7 Å². The lowest BCUT2D eigenvalue weighted by molar-refractivity contribution is -0.135. The number of nitrogens with one attached hydrogen (secondary N) is 1. The number of carbonyl (C=O) groups is 2. The number of amides is 1. The lowest BCUT2D eigenvalue weighted by atomic mass is 10.1. The van der Waals surface area contributed by atoms with Gasteiger partial charge in [-0.1, -0.05) is 11.6 Å². The van der Waals surface area contributed by atoms with Crippen molar-refractivity contribution in [3.8, 4) is 5.75 Å². The second-order valence-corrected chi connectivity index (χ2v) is 4.58. The minimum Gasteiger partial charge on any atom is -0.506 e. The summed E-state index contributed by atoms with van der Waals surface area (Å²) in [7, 11) is 1.40. The number of aromatic nitrogens is 2. The zero-order valence-electron chi connectivity index (χ0n) is 10.8. The first-order valence-electron chi connectivity index (χ1n) is 5.70. The van der Waals surface area contributed by atoms with Crippen molar-refractivity contribution in [2.45, 2.75) is 0 Å². The number of carboxylic acid groups (broad SMARTS) is 1. The Labute approximate surface area is 122 Å². The highest BCUT2D eigenvalue weighted by Gasteiger charge is 2.21. The van der Waals surface area contributed by atoms with Gasteiger partial charge >= 0.3 is 5.97 Å². The minimum atomic E-state index is -1.27. The third-order valence-electron chi connectivity index (χ3n) is 2.85. The molecule has 1 amide bonds. The van der Waals surface area contributed by atoms with Crippen LogP contribution in [0.1, 0.15) is 10.4 Å². The third-order valence-corrected chi connectivity index (χ3v) is 3.06. The lowest BCUT2D eigenvalue weighted by Crippen LogP contribution is -2.35. The molecule has 0 aliphatic heterocycles. The summed E-state index contributed by atoms with van der Waals surface area (Å²) in [4.78, 5) is 38.2. The SMILES string of the molecule is Cn1c(=O)c(C(=O)NCC(=O)O)c(O)c2cc(Cl)ncc21. The maximum Gasteiger partial charge on any atom is 0.322 e. The lowest BCUT2D eigenvalue weighted by Gasteiger charge is -2.11. The normalized spacial score (nSPS) is 10.6. The maximum absolute atomic E-state index is 12.1. The van der Waals surface area contributed by atoms with Crippen LogP contribution in [0.2, 0.25) is 5.15 Å². The summed E-state index contributed by atoms with van der Waals surface area (Å²) in [5.41, 5.74) is -1.03. The number of fused-ring (bicyclic) bond motifs is 1. The van der Waals surface area contributed by atoms with Crippen LogP contribution < -0.4 is 10.9 Å². The van der Waals surface area contributed by atoms with Crippen LogP contribution >= 0.6 is 11.6 Å². The fourth-order valence-electron chi connectivity index (χ4n) is 1.84. The molecule has 0 bridgehead atoms. The van der Waals surface area contributed by atoms with Crippen molar-refractivity contribution >= 4 is 34.4 Å². The molecule has 8 nitrogen and oxygen atoms in total. The summed E-state index contributed by atoms with van der Waals surface area (Å²) in [6, 6.07) is 1.31. The Kier molecular flexibility index (Phi) is 3.81. The second kappa shape index (κ2) is 5.41. The average Bonchev–Trinajstić information content (AvgIpc) is 2.43. The number of aryl methyl sites for hydroxylation is 1. The monoisotopic (exact) mass is 311 g/mol. The van der Waals surface area contributed by atoms with Crippen LogP contribution in [0.5, 0.6) is 5.75 Å². The molecule has 21 heavy (non-hydrogen) atoms. The first-order chi connectivity index (χ1) is 9.82. The van der Waals surface area contributed by atoms with Gasteiger partial charge in [0.25, 0.3) is 11.5 Å². The summed E-state index contributed by atoms with van der Waals surface area (Å²) in [5.74, 6) is -2.82. The van der Waals surface area contributed by atoms with Crippen molar-refractivity contribution in [2.75, 3.05) is 6.54 Å². The Hall–Kier alpha value is -2.61. The number of aliphatic carboxylic acids is 1. The second-order valence-electron chi connectivity index (χ2n) is 4.19. The standard InChI is InChI=1S/C12H10ClN3O5/c1-16-6-3-14-7(13)2-5(6)10(19)9(12(16)21)11(20)15-4-8(17)18/h2-3,19H,4H2,1H3,(H,15,20)(H,17,18). The van der Waals surface area contributed by atoms with Crippen LogP contribution in [0, 0.1) is 0 Å². The van der Waals surface area contributed by atoms with Gasteiger partial charge in [-0.05, 0) is 6.07 Å². The molecule has 0 aliphatic rings. The van der Waals surface area contributed by atoms with E-state index in [1.165, 1.54) is 19.3 Å². The Balaban J connectivity index is 2.66. The quantitative estimate of drug-likeness (QED) is 0.691. The average molecular weight is 312 g/mol. The predicted molar refractivity (Wildman–Crippen MR) is 73.6 cm³/mol. The van der Waals surface area contributed by atoms with Crippen LogP contribution in [-0.4, -0.2) is 38.2 Å². The van der Waals surface area contributed by atoms with Gasteiger partial charge in [0.2, 0.25) is 0 Å². The number of carbonyl (C=O) groups excluding carboxylic acids is 1. The van der Waals surface area contributed by atoms with Crippen molar-refractivity contribution in [2.24, 2.45) is 7.05 Å². The van der Waals surface area contributed by atoms with Gasteiger partial charge in [0.1, 0.15) is 23.0 Å². The molecular formula is C12H10ClN3O5. The highest BCUT2D eigenvalue weighted by Crippen LogP contribution is 2.27. The summed E-state index contributed by atoms with van der Waals surface area (Å²) < 4.78 is 1.12. The van der Waals surface area contributed by atoms with Gasteiger partial charge < -0.3 is 20.1 Å². The number of rotatable bonds is 3. The number of hydrogen-bond donors (Lipinski definition) is 3. The Bertz CT molecular complexity index is 815. The molecular weight excluding hydrogens is 302 g/mol. The highest BCUT2D eigenvalue weighted by atomic mass is 35.5. The largest absolute Gasteiger partial charge is 0.506 e. The van der Waals surface area contributed by atoms with Crippen molar-refractivity contribution in [1.82, 2.24) is 14.9 Å². The van der Waals surface area contributed by atoms with Gasteiger partial charge in [-0.2, -0.15) is 0 Å². The summed E-state index contributed by atoms with van der Waals surface area (Å²) in [6.07, 6.45) is 1.29. The van der Waals surface area contributed by atoms with Gasteiger partial charge in [-0.25, -0.2) is 4.98 Å². The zero-order chi connectivity index (χ0) is 15.7. The number of carboxylic acids is 1. The molecule has 0 radical (unpaired) electrons. The molecule has 110 valence electrons. The van der Waals surface area contributed by atoms with Crippen molar-refractivity contribution in [3.63, 3.8) is 0 Å². The first-order valence-corrected chi connectivity index (χ1v) is 6.08. The molecule has 9 heteroatoms. The van der Waals surface area contributed by atoms with E-state index in [4.69, 9.17) is 16.7 Å². The van der Waals surface area contributed by atoms with E-state index in [2.05, 4.69) is 4.98 Å². The van der Waals surface area contributed by atoms with E-state index < -0.39 is 35.3 Å². The Morgan fingerprint density at radius 2 is 2.14 bits per heavy atom. The molecule has 0 aromatic carbocycles. The zero-order valence-corrected chi connectivity index (χ0v) is 11.5. The number of pyridine rings is 2.